The van der Waals surface area contributed by atoms with E-state index >= 15 is 0 Å². The molecule has 0 aliphatic carbocycles. The van der Waals surface area contributed by atoms with Crippen LogP contribution in [0.2, 0.25) is 0 Å². The van der Waals surface area contributed by atoms with Crippen LogP contribution in [0.15, 0.2) is 88.2 Å². The number of amides is 2. The van der Waals surface area contributed by atoms with E-state index in [1.165, 1.54) is 11.8 Å². The van der Waals surface area contributed by atoms with Crippen LogP contribution < -0.4 is 10.6 Å². The monoisotopic (exact) mass is 471 g/mol. The third-order valence-corrected chi connectivity index (χ3v) is 6.10. The largest absolute Gasteiger partial charge is 0.441 e. The molecular weight excluding hydrogens is 446 g/mol. The van der Waals surface area contributed by atoms with E-state index in [0.717, 1.165) is 10.5 Å². The number of aromatic nitrogens is 1. The summed E-state index contributed by atoms with van der Waals surface area (Å²) in [5, 5.41) is 5.88. The molecule has 0 fully saturated rings. The number of aryl methyl sites for hydroxylation is 1. The van der Waals surface area contributed by atoms with Crippen LogP contribution in [0.4, 0.5) is 5.69 Å². The van der Waals surface area contributed by atoms with Crippen LogP contribution in [0, 0.1) is 6.92 Å². The Bertz CT molecular complexity index is 1300. The van der Waals surface area contributed by atoms with Crippen LogP contribution in [0.5, 0.6) is 0 Å². The predicted octanol–water partition coefficient (Wildman–Crippen LogP) is 5.48. The van der Waals surface area contributed by atoms with Crippen molar-refractivity contribution in [3.8, 4) is 11.5 Å². The number of oxazole rings is 1. The molecule has 4 rings (SSSR count). The maximum absolute atomic E-state index is 12.7. The quantitative estimate of drug-likeness (QED) is 0.332. The topological polar surface area (TPSA) is 84.2 Å². The molecule has 0 radical (unpaired) electrons. The number of para-hydroxylation sites is 1. The van der Waals surface area contributed by atoms with E-state index in [1.807, 2.05) is 86.0 Å². The summed E-state index contributed by atoms with van der Waals surface area (Å²) in [5.74, 6) is 0.713. The van der Waals surface area contributed by atoms with Crippen LogP contribution in [-0.4, -0.2) is 23.1 Å². The number of rotatable bonds is 8. The van der Waals surface area contributed by atoms with Crippen molar-refractivity contribution in [3.05, 3.63) is 101 Å². The predicted molar refractivity (Wildman–Crippen MR) is 135 cm³/mol. The Morgan fingerprint density at radius 3 is 2.44 bits per heavy atom. The molecule has 0 spiro atoms. The lowest BCUT2D eigenvalue weighted by molar-refractivity contribution is -0.115. The number of benzene rings is 3. The first-order valence-electron chi connectivity index (χ1n) is 10.9. The van der Waals surface area contributed by atoms with Gasteiger partial charge in [-0.1, -0.05) is 54.6 Å². The van der Waals surface area contributed by atoms with E-state index in [4.69, 9.17) is 4.42 Å². The molecule has 0 aliphatic heterocycles. The molecule has 2 N–H and O–H groups in total. The van der Waals surface area contributed by atoms with Gasteiger partial charge in [0, 0.05) is 4.90 Å². The second-order valence-electron chi connectivity index (χ2n) is 7.66. The Morgan fingerprint density at radius 1 is 0.941 bits per heavy atom. The third kappa shape index (κ3) is 5.55. The minimum absolute atomic E-state index is 0.123. The lowest BCUT2D eigenvalue weighted by atomic mass is 10.1. The SMILES string of the molecule is CSc1ccccc1C(=O)NCc1nc(-c2ccccc2NC(=O)Cc2ccccc2)oc1C. The standard InChI is InChI=1S/C27H25N3O3S/c1-18-23(17-28-26(32)21-13-7-9-15-24(21)34-2)30-27(33-18)20-12-6-8-14-22(20)29-25(31)16-19-10-4-3-5-11-19/h3-15H,16-17H2,1-2H3,(H,28,32)(H,29,31). The Labute approximate surface area is 202 Å². The van der Waals surface area contributed by atoms with Gasteiger partial charge < -0.3 is 15.1 Å². The number of anilines is 1. The zero-order valence-electron chi connectivity index (χ0n) is 19.0. The average Bonchev–Trinajstić information content (AvgIpc) is 3.23. The van der Waals surface area contributed by atoms with Gasteiger partial charge in [0.15, 0.2) is 0 Å². The summed E-state index contributed by atoms with van der Waals surface area (Å²) >= 11 is 1.53. The van der Waals surface area contributed by atoms with Crippen LogP contribution >= 0.6 is 11.8 Å². The molecule has 0 atom stereocenters. The summed E-state index contributed by atoms with van der Waals surface area (Å²) in [7, 11) is 0. The lowest BCUT2D eigenvalue weighted by Crippen LogP contribution is -2.23. The fourth-order valence-electron chi connectivity index (χ4n) is 3.55. The fraction of sp³-hybridized carbons (Fsp3) is 0.148. The molecule has 7 heteroatoms. The Hall–Kier alpha value is -3.84. The van der Waals surface area contributed by atoms with Gasteiger partial charge >= 0.3 is 0 Å². The number of nitrogens with one attached hydrogen (secondary N) is 2. The minimum Gasteiger partial charge on any atom is -0.441 e. The summed E-state index contributed by atoms with van der Waals surface area (Å²) in [6.07, 6.45) is 2.21. The van der Waals surface area contributed by atoms with Crippen molar-refractivity contribution in [1.82, 2.24) is 10.3 Å². The third-order valence-electron chi connectivity index (χ3n) is 5.30. The van der Waals surface area contributed by atoms with Gasteiger partial charge in [-0.2, -0.15) is 0 Å². The fourth-order valence-corrected chi connectivity index (χ4v) is 4.15. The van der Waals surface area contributed by atoms with Gasteiger partial charge in [0.05, 0.1) is 29.8 Å². The van der Waals surface area contributed by atoms with Crippen LogP contribution in [0.1, 0.15) is 27.4 Å². The Balaban J connectivity index is 1.48. The normalized spacial score (nSPS) is 10.6. The first kappa shape index (κ1) is 23.3. The maximum atomic E-state index is 12.7. The second-order valence-corrected chi connectivity index (χ2v) is 8.51. The molecule has 1 heterocycles. The minimum atomic E-state index is -0.164. The first-order valence-corrected chi connectivity index (χ1v) is 12.1. The van der Waals surface area contributed by atoms with Crippen molar-refractivity contribution < 1.29 is 14.0 Å². The second kappa shape index (κ2) is 10.9. The molecular formula is C27H25N3O3S. The molecule has 0 unspecified atom stereocenters. The number of nitrogens with zero attached hydrogens (tertiary/aromatic N) is 1. The smallest absolute Gasteiger partial charge is 0.252 e. The Kier molecular flexibility index (Phi) is 7.44. The first-order chi connectivity index (χ1) is 16.5. The van der Waals surface area contributed by atoms with Crippen molar-refractivity contribution in [1.29, 1.82) is 0 Å². The summed E-state index contributed by atoms with van der Waals surface area (Å²) in [4.78, 5) is 30.8. The highest BCUT2D eigenvalue weighted by molar-refractivity contribution is 7.98. The molecule has 4 aromatic rings. The molecule has 2 amide bonds. The lowest BCUT2D eigenvalue weighted by Gasteiger charge is -2.09. The summed E-state index contributed by atoms with van der Waals surface area (Å²) in [6, 6.07) is 24.4. The van der Waals surface area contributed by atoms with Gasteiger partial charge in [-0.3, -0.25) is 9.59 Å². The number of hydrogen-bond acceptors (Lipinski definition) is 5. The number of thioether (sulfide) groups is 1. The van der Waals surface area contributed by atoms with Crippen molar-refractivity contribution in [3.63, 3.8) is 0 Å². The van der Waals surface area contributed by atoms with Crippen molar-refractivity contribution in [2.45, 2.75) is 24.8 Å². The summed E-state index contributed by atoms with van der Waals surface area (Å²) in [6.45, 7) is 2.05. The zero-order valence-corrected chi connectivity index (χ0v) is 19.8. The summed E-state index contributed by atoms with van der Waals surface area (Å²) in [5.41, 5.74) is 3.50. The molecule has 0 aliphatic rings. The van der Waals surface area contributed by atoms with Gasteiger partial charge in [-0.05, 0) is 43.0 Å². The van der Waals surface area contributed by atoms with E-state index in [0.29, 0.717) is 34.2 Å². The van der Waals surface area contributed by atoms with Crippen molar-refractivity contribution in [2.75, 3.05) is 11.6 Å². The van der Waals surface area contributed by atoms with Crippen LogP contribution in [0.25, 0.3) is 11.5 Å². The zero-order chi connectivity index (χ0) is 23.9. The molecule has 3 aromatic carbocycles. The number of hydrogen-bond donors (Lipinski definition) is 2. The van der Waals surface area contributed by atoms with Gasteiger partial charge in [-0.25, -0.2) is 4.98 Å². The van der Waals surface area contributed by atoms with Crippen molar-refractivity contribution in [2.24, 2.45) is 0 Å². The molecule has 0 saturated heterocycles. The van der Waals surface area contributed by atoms with Crippen molar-refractivity contribution >= 4 is 29.3 Å². The summed E-state index contributed by atoms with van der Waals surface area (Å²) < 4.78 is 5.91. The highest BCUT2D eigenvalue weighted by atomic mass is 32.2. The molecule has 172 valence electrons. The highest BCUT2D eigenvalue weighted by Crippen LogP contribution is 2.29. The number of carbonyl (C=O) groups excluding carboxylic acids is 2. The molecule has 0 saturated carbocycles. The van der Waals surface area contributed by atoms with Gasteiger partial charge in [0.2, 0.25) is 11.8 Å². The van der Waals surface area contributed by atoms with E-state index in [2.05, 4.69) is 15.6 Å². The van der Waals surface area contributed by atoms with E-state index in [1.54, 1.807) is 6.07 Å². The van der Waals surface area contributed by atoms with Gasteiger partial charge in [0.1, 0.15) is 11.5 Å². The van der Waals surface area contributed by atoms with Gasteiger partial charge in [-0.15, -0.1) is 11.8 Å². The molecule has 1 aromatic heterocycles. The van der Waals surface area contributed by atoms with Gasteiger partial charge in [0.25, 0.3) is 5.91 Å². The average molecular weight is 472 g/mol. The highest BCUT2D eigenvalue weighted by Gasteiger charge is 2.17. The Morgan fingerprint density at radius 2 is 1.65 bits per heavy atom. The number of carbonyl (C=O) groups is 2. The molecule has 0 bridgehead atoms. The van der Waals surface area contributed by atoms with E-state index < -0.39 is 0 Å². The maximum Gasteiger partial charge on any atom is 0.252 e. The molecule has 6 nitrogen and oxygen atoms in total. The van der Waals surface area contributed by atoms with E-state index in [9.17, 15) is 9.59 Å². The molecule has 34 heavy (non-hydrogen) atoms. The van der Waals surface area contributed by atoms with Crippen LogP contribution in [0.3, 0.4) is 0 Å². The van der Waals surface area contributed by atoms with Crippen LogP contribution in [-0.2, 0) is 17.8 Å². The van der Waals surface area contributed by atoms with E-state index in [-0.39, 0.29) is 24.8 Å².